The predicted molar refractivity (Wildman–Crippen MR) is 79.3 cm³/mol. The van der Waals surface area contributed by atoms with Crippen LogP contribution >= 0.6 is 11.8 Å². The molecule has 1 saturated heterocycles. The zero-order valence-corrected chi connectivity index (χ0v) is 12.4. The fourth-order valence-electron chi connectivity index (χ4n) is 2.45. The summed E-state index contributed by atoms with van der Waals surface area (Å²) in [7, 11) is 2.03. The molecule has 2 unspecified atom stereocenters. The van der Waals surface area contributed by atoms with Crippen LogP contribution in [0, 0.1) is 0 Å². The predicted octanol–water partition coefficient (Wildman–Crippen LogP) is 2.73. The highest BCUT2D eigenvalue weighted by Crippen LogP contribution is 2.29. The highest BCUT2D eigenvalue weighted by atomic mass is 32.2. The number of nitrogens with zero attached hydrogens (tertiary/aromatic N) is 1. The molecule has 0 aliphatic carbocycles. The molecule has 0 amide bonds. The van der Waals surface area contributed by atoms with Crippen LogP contribution in [-0.4, -0.2) is 42.1 Å². The van der Waals surface area contributed by atoms with E-state index in [-0.39, 0.29) is 12.0 Å². The minimum absolute atomic E-state index is 0.145. The van der Waals surface area contributed by atoms with E-state index >= 15 is 0 Å². The van der Waals surface area contributed by atoms with Crippen LogP contribution < -0.4 is 0 Å². The van der Waals surface area contributed by atoms with Crippen molar-refractivity contribution in [2.45, 2.75) is 25.4 Å². The van der Waals surface area contributed by atoms with Crippen molar-refractivity contribution >= 4 is 17.7 Å². The normalized spacial score (nSPS) is 20.5. The van der Waals surface area contributed by atoms with Crippen molar-refractivity contribution in [3.63, 3.8) is 0 Å². The number of hydrogen-bond acceptors (Lipinski definition) is 4. The van der Waals surface area contributed by atoms with Gasteiger partial charge in [0.2, 0.25) is 0 Å². The van der Waals surface area contributed by atoms with E-state index in [9.17, 15) is 4.79 Å². The fraction of sp³-hybridized carbons (Fsp3) is 0.533. The number of carbonyl (C=O) groups is 1. The molecule has 1 aliphatic heterocycles. The van der Waals surface area contributed by atoms with E-state index in [4.69, 9.17) is 4.74 Å². The Morgan fingerprint density at radius 1 is 1.47 bits per heavy atom. The maximum Gasteiger partial charge on any atom is 0.327 e. The number of thioether (sulfide) groups is 1. The van der Waals surface area contributed by atoms with E-state index in [0.717, 1.165) is 17.7 Å². The first-order valence-electron chi connectivity index (χ1n) is 6.75. The SMILES string of the molecule is CCOC(=O)C(c1ccccc1)N(C)C1CCSC1. The molecule has 0 aromatic heterocycles. The summed E-state index contributed by atoms with van der Waals surface area (Å²) in [4.78, 5) is 14.4. The van der Waals surface area contributed by atoms with E-state index in [1.807, 2.05) is 56.1 Å². The van der Waals surface area contributed by atoms with E-state index < -0.39 is 0 Å². The molecule has 3 nitrogen and oxygen atoms in total. The van der Waals surface area contributed by atoms with Crippen LogP contribution in [0.5, 0.6) is 0 Å². The van der Waals surface area contributed by atoms with Crippen LogP contribution in [0.1, 0.15) is 24.9 Å². The van der Waals surface area contributed by atoms with Crippen LogP contribution in [0.3, 0.4) is 0 Å². The second-order valence-corrected chi connectivity index (χ2v) is 5.90. The van der Waals surface area contributed by atoms with Gasteiger partial charge in [-0.2, -0.15) is 11.8 Å². The quantitative estimate of drug-likeness (QED) is 0.775. The summed E-state index contributed by atoms with van der Waals surface area (Å²) in [6, 6.07) is 10.1. The molecule has 2 atom stereocenters. The number of likely N-dealkylation sites (N-methyl/N-ethyl adjacent to an activating group) is 1. The molecule has 1 aromatic rings. The molecule has 1 fully saturated rings. The van der Waals surface area contributed by atoms with Crippen molar-refractivity contribution in [2.24, 2.45) is 0 Å². The molecule has 4 heteroatoms. The smallest absolute Gasteiger partial charge is 0.327 e. The van der Waals surface area contributed by atoms with Crippen molar-refractivity contribution in [2.75, 3.05) is 25.2 Å². The number of carbonyl (C=O) groups excluding carboxylic acids is 1. The van der Waals surface area contributed by atoms with Crippen LogP contribution in [0.4, 0.5) is 0 Å². The summed E-state index contributed by atoms with van der Waals surface area (Å²) >= 11 is 1.95. The number of hydrogen-bond donors (Lipinski definition) is 0. The number of benzene rings is 1. The lowest BCUT2D eigenvalue weighted by molar-refractivity contribution is -0.150. The lowest BCUT2D eigenvalue weighted by Crippen LogP contribution is -2.39. The largest absolute Gasteiger partial charge is 0.465 e. The van der Waals surface area contributed by atoms with Gasteiger partial charge in [-0.05, 0) is 31.7 Å². The maximum absolute atomic E-state index is 12.3. The average Bonchev–Trinajstić information content (AvgIpc) is 2.94. The first-order chi connectivity index (χ1) is 9.24. The lowest BCUT2D eigenvalue weighted by Gasteiger charge is -2.31. The molecule has 0 radical (unpaired) electrons. The molecule has 0 N–H and O–H groups in total. The van der Waals surface area contributed by atoms with Gasteiger partial charge in [-0.25, -0.2) is 4.79 Å². The summed E-state index contributed by atoms with van der Waals surface area (Å²) in [5, 5.41) is 0. The van der Waals surface area contributed by atoms with Gasteiger partial charge in [0.05, 0.1) is 6.61 Å². The van der Waals surface area contributed by atoms with Crippen LogP contribution in [-0.2, 0) is 9.53 Å². The maximum atomic E-state index is 12.3. The Morgan fingerprint density at radius 3 is 2.79 bits per heavy atom. The van der Waals surface area contributed by atoms with Crippen LogP contribution in [0.2, 0.25) is 0 Å². The number of rotatable bonds is 5. The highest BCUT2D eigenvalue weighted by Gasteiger charge is 2.32. The second kappa shape index (κ2) is 6.96. The third-order valence-electron chi connectivity index (χ3n) is 3.51. The molecular weight excluding hydrogens is 258 g/mol. The Morgan fingerprint density at radius 2 is 2.21 bits per heavy atom. The Hall–Kier alpha value is -1.00. The summed E-state index contributed by atoms with van der Waals surface area (Å²) in [6.07, 6.45) is 1.14. The van der Waals surface area contributed by atoms with E-state index in [1.54, 1.807) is 0 Å². The summed E-state index contributed by atoms with van der Waals surface area (Å²) in [5.41, 5.74) is 1.01. The third-order valence-corrected chi connectivity index (χ3v) is 4.66. The summed E-state index contributed by atoms with van der Waals surface area (Å²) in [5.74, 6) is 2.13. The third kappa shape index (κ3) is 3.51. The van der Waals surface area contributed by atoms with Gasteiger partial charge in [-0.1, -0.05) is 30.3 Å². The Kier molecular flexibility index (Phi) is 5.28. The lowest BCUT2D eigenvalue weighted by atomic mass is 10.0. The molecule has 2 rings (SSSR count). The van der Waals surface area contributed by atoms with Gasteiger partial charge in [0.15, 0.2) is 0 Å². The van der Waals surface area contributed by atoms with E-state index in [2.05, 4.69) is 4.90 Å². The van der Waals surface area contributed by atoms with Crippen molar-refractivity contribution in [1.29, 1.82) is 0 Å². The van der Waals surface area contributed by atoms with Gasteiger partial charge >= 0.3 is 5.97 Å². The zero-order chi connectivity index (χ0) is 13.7. The topological polar surface area (TPSA) is 29.5 Å². The molecule has 1 aromatic carbocycles. The first-order valence-corrected chi connectivity index (χ1v) is 7.90. The molecule has 19 heavy (non-hydrogen) atoms. The average molecular weight is 279 g/mol. The Balaban J connectivity index is 2.20. The van der Waals surface area contributed by atoms with Gasteiger partial charge in [-0.3, -0.25) is 4.90 Å². The van der Waals surface area contributed by atoms with Crippen LogP contribution in [0.15, 0.2) is 30.3 Å². The van der Waals surface area contributed by atoms with Crippen molar-refractivity contribution in [3.05, 3.63) is 35.9 Å². The van der Waals surface area contributed by atoms with Gasteiger partial charge < -0.3 is 4.74 Å². The van der Waals surface area contributed by atoms with Gasteiger partial charge in [-0.15, -0.1) is 0 Å². The zero-order valence-electron chi connectivity index (χ0n) is 11.5. The minimum Gasteiger partial charge on any atom is -0.465 e. The summed E-state index contributed by atoms with van der Waals surface area (Å²) in [6.45, 7) is 2.28. The van der Waals surface area contributed by atoms with Gasteiger partial charge in [0, 0.05) is 11.8 Å². The molecule has 0 spiro atoms. The van der Waals surface area contributed by atoms with E-state index in [0.29, 0.717) is 12.6 Å². The Bertz CT molecular complexity index is 404. The molecule has 1 aliphatic rings. The van der Waals surface area contributed by atoms with Crippen molar-refractivity contribution in [3.8, 4) is 0 Å². The first kappa shape index (κ1) is 14.4. The monoisotopic (exact) mass is 279 g/mol. The highest BCUT2D eigenvalue weighted by molar-refractivity contribution is 7.99. The van der Waals surface area contributed by atoms with Crippen LogP contribution in [0.25, 0.3) is 0 Å². The van der Waals surface area contributed by atoms with Gasteiger partial charge in [0.1, 0.15) is 6.04 Å². The molecular formula is C15H21NO2S. The Labute approximate surface area is 119 Å². The molecule has 104 valence electrons. The number of esters is 1. The fourth-order valence-corrected chi connectivity index (χ4v) is 3.73. The van der Waals surface area contributed by atoms with Crippen molar-refractivity contribution in [1.82, 2.24) is 4.90 Å². The molecule has 1 heterocycles. The minimum atomic E-state index is -0.287. The summed E-state index contributed by atoms with van der Waals surface area (Å²) < 4.78 is 5.25. The van der Waals surface area contributed by atoms with Crippen molar-refractivity contribution < 1.29 is 9.53 Å². The second-order valence-electron chi connectivity index (χ2n) is 4.75. The van der Waals surface area contributed by atoms with E-state index in [1.165, 1.54) is 5.75 Å². The number of ether oxygens (including phenoxy) is 1. The van der Waals surface area contributed by atoms with Gasteiger partial charge in [0.25, 0.3) is 0 Å². The molecule has 0 bridgehead atoms. The molecule has 0 saturated carbocycles. The standard InChI is InChI=1S/C15H21NO2S/c1-3-18-15(17)14(12-7-5-4-6-8-12)16(2)13-9-10-19-11-13/h4-8,13-14H,3,9-11H2,1-2H3.